The molecule has 1 aromatic carbocycles. The van der Waals surface area contributed by atoms with Gasteiger partial charge >= 0.3 is 0 Å². The third-order valence-corrected chi connectivity index (χ3v) is 4.68. The molecule has 0 aliphatic carbocycles. The van der Waals surface area contributed by atoms with Gasteiger partial charge < -0.3 is 5.73 Å². The molecule has 9 nitrogen and oxygen atoms in total. The van der Waals surface area contributed by atoms with Gasteiger partial charge in [0.25, 0.3) is 20.2 Å². The maximum absolute atomic E-state index is 11.2. The second-order valence-corrected chi connectivity index (χ2v) is 7.37. The van der Waals surface area contributed by atoms with Crippen molar-refractivity contribution >= 4 is 41.5 Å². The molecule has 4 N–H and O–H groups in total. The molecule has 20 heavy (non-hydrogen) atoms. The van der Waals surface area contributed by atoms with E-state index >= 15 is 0 Å². The first kappa shape index (κ1) is 16.6. The van der Waals surface area contributed by atoms with Gasteiger partial charge in [-0.2, -0.15) is 16.8 Å². The maximum Gasteiger partial charge on any atom is 0.296 e. The summed E-state index contributed by atoms with van der Waals surface area (Å²) in [5.74, 6) is 0. The van der Waals surface area contributed by atoms with Crippen molar-refractivity contribution in [3.63, 3.8) is 0 Å². The molecule has 0 saturated heterocycles. The molecule has 12 heteroatoms. The van der Waals surface area contributed by atoms with Gasteiger partial charge in [-0.25, -0.2) is 8.42 Å². The van der Waals surface area contributed by atoms with Crippen LogP contribution in [0.2, 0.25) is 0 Å². The highest BCUT2D eigenvalue weighted by atomic mass is 32.2. The number of thiol groups is 1. The fourth-order valence-corrected chi connectivity index (χ4v) is 3.22. The van der Waals surface area contributed by atoms with Crippen LogP contribution in [0.15, 0.2) is 28.5 Å². The summed E-state index contributed by atoms with van der Waals surface area (Å²) in [5.41, 5.74) is 4.11. The van der Waals surface area contributed by atoms with Gasteiger partial charge in [0.2, 0.25) is 0 Å². The highest BCUT2D eigenvalue weighted by Gasteiger charge is 2.25. The molecule has 0 heterocycles. The molecule has 0 bridgehead atoms. The minimum absolute atomic E-state index is 0.347. The van der Waals surface area contributed by atoms with Crippen molar-refractivity contribution in [2.75, 3.05) is 5.73 Å². The highest BCUT2D eigenvalue weighted by molar-refractivity contribution is 7.87. The smallest absolute Gasteiger partial charge is 0.296 e. The molecule has 0 spiro atoms. The number of benzene rings is 1. The number of hydrogen-bond acceptors (Lipinski definition) is 7. The fourth-order valence-electron chi connectivity index (χ4n) is 1.34. The summed E-state index contributed by atoms with van der Waals surface area (Å²) >= 11 is 0. The average Bonchev–Trinajstić information content (AvgIpc) is 2.23. The van der Waals surface area contributed by atoms with Crippen molar-refractivity contribution in [3.05, 3.63) is 24.3 Å². The standard InChI is InChI=1S/C8H9NO8S3/c1-4(18(10)11)5-2-6(9)8(20(15,16)17)3-7(5)19(12,13)14/h2-3,18H,1,9H2,(H,12,13,14)(H,15,16,17). The molecule has 112 valence electrons. The van der Waals surface area contributed by atoms with Crippen molar-refractivity contribution in [1.29, 1.82) is 0 Å². The van der Waals surface area contributed by atoms with Crippen LogP contribution in [0.3, 0.4) is 0 Å². The average molecular weight is 343 g/mol. The molecule has 1 aromatic rings. The molecule has 0 atom stereocenters. The lowest BCUT2D eigenvalue weighted by atomic mass is 10.2. The summed E-state index contributed by atoms with van der Waals surface area (Å²) in [6, 6.07) is 1.01. The zero-order valence-electron chi connectivity index (χ0n) is 9.55. The predicted octanol–water partition coefficient (Wildman–Crippen LogP) is -0.656. The minimum atomic E-state index is -4.97. The molecular weight excluding hydrogens is 334 g/mol. The van der Waals surface area contributed by atoms with E-state index in [-0.39, 0.29) is 0 Å². The first-order valence-electron chi connectivity index (χ1n) is 4.58. The Morgan fingerprint density at radius 1 is 1.05 bits per heavy atom. The molecule has 0 aliphatic heterocycles. The first-order valence-corrected chi connectivity index (χ1v) is 8.63. The lowest BCUT2D eigenvalue weighted by molar-refractivity contribution is 0.481. The summed E-state index contributed by atoms with van der Waals surface area (Å²) < 4.78 is 83.9. The Morgan fingerprint density at radius 3 is 1.85 bits per heavy atom. The van der Waals surface area contributed by atoms with Crippen molar-refractivity contribution in [2.24, 2.45) is 0 Å². The van der Waals surface area contributed by atoms with Crippen molar-refractivity contribution in [3.8, 4) is 0 Å². The lowest BCUT2D eigenvalue weighted by Crippen LogP contribution is -2.09. The van der Waals surface area contributed by atoms with Gasteiger partial charge in [0.15, 0.2) is 10.7 Å². The second kappa shape index (κ2) is 5.14. The van der Waals surface area contributed by atoms with Crippen molar-refractivity contribution in [2.45, 2.75) is 9.79 Å². The Morgan fingerprint density at radius 2 is 1.50 bits per heavy atom. The van der Waals surface area contributed by atoms with E-state index < -0.39 is 56.9 Å². The van der Waals surface area contributed by atoms with E-state index in [1.807, 2.05) is 0 Å². The van der Waals surface area contributed by atoms with Gasteiger partial charge in [0.1, 0.15) is 9.79 Å². The van der Waals surface area contributed by atoms with Crippen LogP contribution in [0.4, 0.5) is 5.69 Å². The zero-order valence-corrected chi connectivity index (χ0v) is 12.1. The van der Waals surface area contributed by atoms with Crippen LogP contribution in [0.5, 0.6) is 0 Å². The summed E-state index contributed by atoms with van der Waals surface area (Å²) in [6.45, 7) is 3.09. The SMILES string of the molecule is C=C(c1cc(N)c(S(=O)(=O)O)cc1S(=O)(=O)O)[SH](=O)=O. The number of nitrogen functional groups attached to an aromatic ring is 1. The molecule has 0 saturated carbocycles. The fraction of sp³-hybridized carbons (Fsp3) is 0. The van der Waals surface area contributed by atoms with E-state index in [0.29, 0.717) is 12.1 Å². The van der Waals surface area contributed by atoms with Crippen LogP contribution in [0, 0.1) is 0 Å². The van der Waals surface area contributed by atoms with Gasteiger partial charge in [-0.1, -0.05) is 6.58 Å². The number of nitrogens with two attached hydrogens (primary N) is 1. The van der Waals surface area contributed by atoms with Crippen LogP contribution < -0.4 is 5.73 Å². The Bertz CT molecular complexity index is 855. The lowest BCUT2D eigenvalue weighted by Gasteiger charge is -2.10. The van der Waals surface area contributed by atoms with E-state index in [9.17, 15) is 25.3 Å². The Hall–Kier alpha value is -1.47. The molecule has 0 amide bonds. The largest absolute Gasteiger partial charge is 0.398 e. The monoisotopic (exact) mass is 343 g/mol. The third kappa shape index (κ3) is 3.34. The third-order valence-electron chi connectivity index (χ3n) is 2.20. The molecular formula is C8H9NO8S3. The van der Waals surface area contributed by atoms with Crippen LogP contribution in [-0.4, -0.2) is 34.4 Å². The van der Waals surface area contributed by atoms with Gasteiger partial charge in [-0.3, -0.25) is 9.11 Å². The van der Waals surface area contributed by atoms with Gasteiger partial charge in [-0.05, 0) is 12.1 Å². The van der Waals surface area contributed by atoms with E-state index in [0.717, 1.165) is 0 Å². The van der Waals surface area contributed by atoms with Crippen LogP contribution >= 0.6 is 0 Å². The molecule has 0 aliphatic rings. The molecule has 1 rings (SSSR count). The summed E-state index contributed by atoms with van der Waals surface area (Å²) in [5, 5.41) is 0. The van der Waals surface area contributed by atoms with Crippen molar-refractivity contribution < 1.29 is 34.4 Å². The first-order chi connectivity index (χ1) is 8.85. The minimum Gasteiger partial charge on any atom is -0.398 e. The molecule has 0 radical (unpaired) electrons. The number of anilines is 1. The normalized spacial score (nSPS) is 12.6. The topological polar surface area (TPSA) is 169 Å². The predicted molar refractivity (Wildman–Crippen MR) is 69.8 cm³/mol. The van der Waals surface area contributed by atoms with Crippen molar-refractivity contribution in [1.82, 2.24) is 0 Å². The zero-order chi connectivity index (χ0) is 15.9. The Balaban J connectivity index is 3.90. The quantitative estimate of drug-likeness (QED) is 0.315. The van der Waals surface area contributed by atoms with Crippen LogP contribution in [-0.2, 0) is 30.9 Å². The molecule has 0 fully saturated rings. The summed E-state index contributed by atoms with van der Waals surface area (Å²) in [7, 11) is -13.1. The van der Waals surface area contributed by atoms with Gasteiger partial charge in [-0.15, -0.1) is 0 Å². The summed E-state index contributed by atoms with van der Waals surface area (Å²) in [4.78, 5) is -2.73. The molecule has 0 aromatic heterocycles. The number of rotatable bonds is 4. The Kier molecular flexibility index (Phi) is 4.26. The van der Waals surface area contributed by atoms with Crippen LogP contribution in [0.1, 0.15) is 5.56 Å². The van der Waals surface area contributed by atoms with E-state index in [1.54, 1.807) is 0 Å². The second-order valence-electron chi connectivity index (χ2n) is 3.54. The Labute approximate surface area is 116 Å². The maximum atomic E-state index is 11.2. The van der Waals surface area contributed by atoms with Crippen LogP contribution in [0.25, 0.3) is 4.91 Å². The number of hydrogen-bond donors (Lipinski definition) is 4. The highest BCUT2D eigenvalue weighted by Crippen LogP contribution is 2.30. The van der Waals surface area contributed by atoms with E-state index in [4.69, 9.17) is 14.8 Å². The van der Waals surface area contributed by atoms with Gasteiger partial charge in [0, 0.05) is 5.56 Å². The summed E-state index contributed by atoms with van der Waals surface area (Å²) in [6.07, 6.45) is 0. The van der Waals surface area contributed by atoms with E-state index in [1.165, 1.54) is 0 Å². The molecule has 0 unspecified atom stereocenters. The van der Waals surface area contributed by atoms with E-state index in [2.05, 4.69) is 6.58 Å². The van der Waals surface area contributed by atoms with Gasteiger partial charge in [0.05, 0.1) is 10.6 Å².